The molecule has 0 unspecified atom stereocenters. The van der Waals surface area contributed by atoms with E-state index in [9.17, 15) is 9.59 Å². The molecule has 0 atom stereocenters. The van der Waals surface area contributed by atoms with Crippen molar-refractivity contribution in [1.29, 1.82) is 0 Å². The van der Waals surface area contributed by atoms with Crippen molar-refractivity contribution < 1.29 is 9.59 Å². The van der Waals surface area contributed by atoms with Crippen LogP contribution in [0.1, 0.15) is 20.8 Å². The summed E-state index contributed by atoms with van der Waals surface area (Å²) in [6, 6.07) is 14.5. The van der Waals surface area contributed by atoms with Gasteiger partial charge in [-0.05, 0) is 35.2 Å². The van der Waals surface area contributed by atoms with Gasteiger partial charge in [-0.25, -0.2) is 0 Å². The molecule has 1 aromatic carbocycles. The van der Waals surface area contributed by atoms with Gasteiger partial charge in [0, 0.05) is 23.8 Å². The first-order chi connectivity index (χ1) is 12.2. The maximum absolute atomic E-state index is 12.5. The Bertz CT molecular complexity index is 848. The van der Waals surface area contributed by atoms with Gasteiger partial charge in [0.25, 0.3) is 5.91 Å². The molecule has 3 aromatic rings. The van der Waals surface area contributed by atoms with E-state index in [4.69, 9.17) is 0 Å². The van der Waals surface area contributed by atoms with Crippen LogP contribution in [0.2, 0.25) is 0 Å². The fourth-order valence-corrected chi connectivity index (χ4v) is 3.04. The third-order valence-corrected chi connectivity index (χ3v) is 4.41. The van der Waals surface area contributed by atoms with Crippen LogP contribution in [0.4, 0.5) is 5.69 Å². The molecule has 0 bridgehead atoms. The van der Waals surface area contributed by atoms with Crippen molar-refractivity contribution in [2.24, 2.45) is 0 Å². The van der Waals surface area contributed by atoms with Crippen LogP contribution in [0, 0.1) is 0 Å². The number of hydrogen-bond acceptors (Lipinski definition) is 4. The van der Waals surface area contributed by atoms with Gasteiger partial charge >= 0.3 is 0 Å². The molecule has 2 heterocycles. The number of carbonyl (C=O) groups excluding carboxylic acids is 2. The molecule has 0 fully saturated rings. The lowest BCUT2D eigenvalue weighted by Crippen LogP contribution is -2.25. The summed E-state index contributed by atoms with van der Waals surface area (Å²) in [5.41, 5.74) is 1.86. The minimum atomic E-state index is -0.240. The third kappa shape index (κ3) is 4.74. The largest absolute Gasteiger partial charge is 0.348 e. The van der Waals surface area contributed by atoms with Crippen LogP contribution in [0.25, 0.3) is 0 Å². The molecule has 0 aliphatic carbocycles. The number of carbonyl (C=O) groups is 2. The van der Waals surface area contributed by atoms with Gasteiger partial charge in [0.05, 0.1) is 17.7 Å². The number of pyridine rings is 1. The summed E-state index contributed by atoms with van der Waals surface area (Å²) < 4.78 is 0. The van der Waals surface area contributed by atoms with Crippen molar-refractivity contribution in [3.8, 4) is 0 Å². The topological polar surface area (TPSA) is 71.1 Å². The summed E-state index contributed by atoms with van der Waals surface area (Å²) in [4.78, 5) is 29.6. The lowest BCUT2D eigenvalue weighted by molar-refractivity contribution is -0.115. The fraction of sp³-hybridized carbons (Fsp3) is 0.105. The van der Waals surface area contributed by atoms with Gasteiger partial charge in [-0.3, -0.25) is 14.6 Å². The Balaban J connectivity index is 1.65. The van der Waals surface area contributed by atoms with Gasteiger partial charge in [0.15, 0.2) is 0 Å². The van der Waals surface area contributed by atoms with E-state index in [0.29, 0.717) is 24.2 Å². The summed E-state index contributed by atoms with van der Waals surface area (Å²) in [6.07, 6.45) is 3.68. The second kappa shape index (κ2) is 8.21. The molecule has 0 spiro atoms. The normalized spacial score (nSPS) is 10.2. The third-order valence-electron chi connectivity index (χ3n) is 3.54. The number of thiophene rings is 1. The zero-order chi connectivity index (χ0) is 17.5. The van der Waals surface area contributed by atoms with Crippen molar-refractivity contribution >= 4 is 28.8 Å². The highest BCUT2D eigenvalue weighted by Gasteiger charge is 2.13. The number of amides is 2. The standard InChI is InChI=1S/C19H17N3O2S/c23-18(11-15-6-4-10-25-15)22-17-8-2-1-7-16(17)19(24)21-13-14-5-3-9-20-12-14/h1-10,12H,11,13H2,(H,21,24)(H,22,23). The van der Waals surface area contributed by atoms with Gasteiger partial charge in [-0.15, -0.1) is 11.3 Å². The van der Waals surface area contributed by atoms with Crippen LogP contribution in [-0.4, -0.2) is 16.8 Å². The number of para-hydroxylation sites is 1. The highest BCUT2D eigenvalue weighted by atomic mass is 32.1. The van der Waals surface area contributed by atoms with Gasteiger partial charge in [-0.2, -0.15) is 0 Å². The molecule has 126 valence electrons. The predicted molar refractivity (Wildman–Crippen MR) is 98.5 cm³/mol. The average molecular weight is 351 g/mol. The molecule has 2 aromatic heterocycles. The van der Waals surface area contributed by atoms with E-state index in [1.807, 2.05) is 29.6 Å². The summed E-state index contributed by atoms with van der Waals surface area (Å²) in [7, 11) is 0. The van der Waals surface area contributed by atoms with Gasteiger partial charge in [-0.1, -0.05) is 24.3 Å². The Labute approximate surface area is 149 Å². The number of hydrogen-bond donors (Lipinski definition) is 2. The second-order valence-corrected chi connectivity index (χ2v) is 6.43. The smallest absolute Gasteiger partial charge is 0.253 e. The molecule has 3 rings (SSSR count). The quantitative estimate of drug-likeness (QED) is 0.716. The van der Waals surface area contributed by atoms with Gasteiger partial charge in [0.2, 0.25) is 5.91 Å². The van der Waals surface area contributed by atoms with Crippen molar-refractivity contribution in [2.75, 3.05) is 5.32 Å². The van der Waals surface area contributed by atoms with Crippen molar-refractivity contribution in [3.05, 3.63) is 82.3 Å². The lowest BCUT2D eigenvalue weighted by atomic mass is 10.1. The number of nitrogens with one attached hydrogen (secondary N) is 2. The maximum Gasteiger partial charge on any atom is 0.253 e. The molecule has 25 heavy (non-hydrogen) atoms. The Morgan fingerprint density at radius 2 is 1.92 bits per heavy atom. The van der Waals surface area contributed by atoms with Crippen LogP contribution >= 0.6 is 11.3 Å². The Morgan fingerprint density at radius 1 is 1.04 bits per heavy atom. The average Bonchev–Trinajstić information content (AvgIpc) is 3.14. The van der Waals surface area contributed by atoms with Crippen LogP contribution in [-0.2, 0) is 17.8 Å². The van der Waals surface area contributed by atoms with Crippen LogP contribution in [0.15, 0.2) is 66.3 Å². The summed E-state index contributed by atoms with van der Waals surface area (Å²) in [6.45, 7) is 0.379. The first-order valence-corrected chi connectivity index (χ1v) is 8.69. The van der Waals surface area contributed by atoms with Crippen molar-refractivity contribution in [1.82, 2.24) is 10.3 Å². The summed E-state index contributed by atoms with van der Waals surface area (Å²) in [5.74, 6) is -0.383. The highest BCUT2D eigenvalue weighted by Crippen LogP contribution is 2.17. The number of aromatic nitrogens is 1. The molecule has 6 heteroatoms. The Kier molecular flexibility index (Phi) is 5.53. The molecule has 0 radical (unpaired) electrons. The molecule has 0 saturated heterocycles. The fourth-order valence-electron chi connectivity index (χ4n) is 2.34. The number of benzene rings is 1. The second-order valence-electron chi connectivity index (χ2n) is 5.39. The van der Waals surface area contributed by atoms with Gasteiger partial charge < -0.3 is 10.6 Å². The zero-order valence-corrected chi connectivity index (χ0v) is 14.3. The molecule has 2 N–H and O–H groups in total. The summed E-state index contributed by atoms with van der Waals surface area (Å²) in [5, 5.41) is 7.60. The monoisotopic (exact) mass is 351 g/mol. The first-order valence-electron chi connectivity index (χ1n) is 7.81. The zero-order valence-electron chi connectivity index (χ0n) is 13.4. The van der Waals surface area contributed by atoms with Crippen LogP contribution in [0.5, 0.6) is 0 Å². The van der Waals surface area contributed by atoms with E-state index in [2.05, 4.69) is 15.6 Å². The molecule has 0 aliphatic rings. The molecule has 0 aliphatic heterocycles. The van der Waals surface area contributed by atoms with E-state index in [1.54, 1.807) is 36.7 Å². The lowest BCUT2D eigenvalue weighted by Gasteiger charge is -2.11. The van der Waals surface area contributed by atoms with E-state index in [0.717, 1.165) is 10.4 Å². The van der Waals surface area contributed by atoms with E-state index in [1.165, 1.54) is 11.3 Å². The minimum Gasteiger partial charge on any atom is -0.348 e. The van der Waals surface area contributed by atoms with E-state index < -0.39 is 0 Å². The van der Waals surface area contributed by atoms with Crippen LogP contribution in [0.3, 0.4) is 0 Å². The Hall–Kier alpha value is -2.99. The molecule has 5 nitrogen and oxygen atoms in total. The van der Waals surface area contributed by atoms with E-state index >= 15 is 0 Å². The van der Waals surface area contributed by atoms with Crippen molar-refractivity contribution in [2.45, 2.75) is 13.0 Å². The molecular formula is C19H17N3O2S. The summed E-state index contributed by atoms with van der Waals surface area (Å²) >= 11 is 1.53. The molecule has 0 saturated carbocycles. The molecule has 2 amide bonds. The first kappa shape index (κ1) is 16.9. The molecular weight excluding hydrogens is 334 g/mol. The number of nitrogens with zero attached hydrogens (tertiary/aromatic N) is 1. The maximum atomic E-state index is 12.5. The van der Waals surface area contributed by atoms with Crippen molar-refractivity contribution in [3.63, 3.8) is 0 Å². The minimum absolute atomic E-state index is 0.144. The predicted octanol–water partition coefficient (Wildman–Crippen LogP) is 3.25. The highest BCUT2D eigenvalue weighted by molar-refractivity contribution is 7.10. The Morgan fingerprint density at radius 3 is 2.68 bits per heavy atom. The van der Waals surface area contributed by atoms with Gasteiger partial charge in [0.1, 0.15) is 0 Å². The SMILES string of the molecule is O=C(Cc1cccs1)Nc1ccccc1C(=O)NCc1cccnc1. The number of anilines is 1. The number of rotatable bonds is 6. The van der Waals surface area contributed by atoms with Crippen LogP contribution < -0.4 is 10.6 Å². The van der Waals surface area contributed by atoms with E-state index in [-0.39, 0.29) is 11.8 Å².